The SMILES string of the molecule is CCN(CC)C1CCN(c2ccc(CBr)cc2F)C1. The number of rotatable bonds is 5. The van der Waals surface area contributed by atoms with Gasteiger partial charge in [-0.1, -0.05) is 35.8 Å². The molecule has 1 saturated heterocycles. The zero-order valence-corrected chi connectivity index (χ0v) is 13.3. The number of benzene rings is 1. The largest absolute Gasteiger partial charge is 0.368 e. The third kappa shape index (κ3) is 3.29. The van der Waals surface area contributed by atoms with Gasteiger partial charge >= 0.3 is 0 Å². The first-order valence-corrected chi connectivity index (χ1v) is 8.15. The van der Waals surface area contributed by atoms with Crippen LogP contribution in [0, 0.1) is 5.82 Å². The summed E-state index contributed by atoms with van der Waals surface area (Å²) < 4.78 is 14.1. The van der Waals surface area contributed by atoms with E-state index >= 15 is 0 Å². The molecular formula is C15H22BrFN2. The van der Waals surface area contributed by atoms with Crippen molar-refractivity contribution in [1.82, 2.24) is 4.90 Å². The molecule has 1 aliphatic rings. The van der Waals surface area contributed by atoms with E-state index in [9.17, 15) is 4.39 Å². The normalized spacial score (nSPS) is 19.4. The maximum atomic E-state index is 14.1. The van der Waals surface area contributed by atoms with Gasteiger partial charge in [0.2, 0.25) is 0 Å². The van der Waals surface area contributed by atoms with E-state index in [1.807, 2.05) is 12.1 Å². The van der Waals surface area contributed by atoms with Crippen LogP contribution < -0.4 is 4.90 Å². The highest BCUT2D eigenvalue weighted by atomic mass is 79.9. The molecule has 1 atom stereocenters. The first-order chi connectivity index (χ1) is 9.19. The lowest BCUT2D eigenvalue weighted by molar-refractivity contribution is 0.232. The third-order valence-electron chi connectivity index (χ3n) is 4.00. The van der Waals surface area contributed by atoms with E-state index < -0.39 is 0 Å². The summed E-state index contributed by atoms with van der Waals surface area (Å²) in [5.74, 6) is -0.0999. The van der Waals surface area contributed by atoms with Crippen LogP contribution in [-0.2, 0) is 5.33 Å². The van der Waals surface area contributed by atoms with Gasteiger partial charge in [0.25, 0.3) is 0 Å². The molecule has 1 heterocycles. The Morgan fingerprint density at radius 1 is 1.37 bits per heavy atom. The first kappa shape index (κ1) is 14.8. The fraction of sp³-hybridized carbons (Fsp3) is 0.600. The van der Waals surface area contributed by atoms with Crippen molar-refractivity contribution in [3.63, 3.8) is 0 Å². The maximum Gasteiger partial charge on any atom is 0.146 e. The van der Waals surface area contributed by atoms with Crippen LogP contribution in [0.5, 0.6) is 0 Å². The van der Waals surface area contributed by atoms with E-state index in [-0.39, 0.29) is 5.82 Å². The van der Waals surface area contributed by atoms with E-state index in [1.54, 1.807) is 6.07 Å². The predicted molar refractivity (Wildman–Crippen MR) is 82.6 cm³/mol. The van der Waals surface area contributed by atoms with Crippen LogP contribution in [0.1, 0.15) is 25.8 Å². The summed E-state index contributed by atoms with van der Waals surface area (Å²) >= 11 is 3.36. The van der Waals surface area contributed by atoms with Crippen molar-refractivity contribution in [2.75, 3.05) is 31.1 Å². The smallest absolute Gasteiger partial charge is 0.146 e. The van der Waals surface area contributed by atoms with Crippen molar-refractivity contribution >= 4 is 21.6 Å². The molecule has 2 rings (SSSR count). The summed E-state index contributed by atoms with van der Waals surface area (Å²) in [6.07, 6.45) is 1.13. The molecular weight excluding hydrogens is 307 g/mol. The molecule has 0 aromatic heterocycles. The van der Waals surface area contributed by atoms with Gasteiger partial charge in [-0.3, -0.25) is 4.90 Å². The Balaban J connectivity index is 2.08. The Bertz CT molecular complexity index is 421. The van der Waals surface area contributed by atoms with E-state index in [0.29, 0.717) is 11.4 Å². The average Bonchev–Trinajstić information content (AvgIpc) is 2.89. The van der Waals surface area contributed by atoms with Crippen LogP contribution in [-0.4, -0.2) is 37.1 Å². The van der Waals surface area contributed by atoms with Gasteiger partial charge in [0.05, 0.1) is 5.69 Å². The molecule has 0 spiro atoms. The fourth-order valence-corrected chi connectivity index (χ4v) is 3.24. The predicted octanol–water partition coefficient (Wildman–Crippen LogP) is 3.64. The molecule has 0 bridgehead atoms. The van der Waals surface area contributed by atoms with Crippen LogP contribution >= 0.6 is 15.9 Å². The minimum atomic E-state index is -0.0999. The molecule has 1 unspecified atom stereocenters. The third-order valence-corrected chi connectivity index (χ3v) is 4.65. The molecule has 1 aliphatic heterocycles. The van der Waals surface area contributed by atoms with Gasteiger partial charge in [0.1, 0.15) is 5.82 Å². The molecule has 19 heavy (non-hydrogen) atoms. The summed E-state index contributed by atoms with van der Waals surface area (Å²) in [4.78, 5) is 4.64. The first-order valence-electron chi connectivity index (χ1n) is 7.03. The standard InChI is InChI=1S/C15H22BrFN2/c1-3-18(4-2)13-7-8-19(11-13)15-6-5-12(10-16)9-14(15)17/h5-6,9,13H,3-4,7-8,10-11H2,1-2H3. The molecule has 0 N–H and O–H groups in total. The van der Waals surface area contributed by atoms with Crippen LogP contribution in [0.2, 0.25) is 0 Å². The number of nitrogens with zero attached hydrogens (tertiary/aromatic N) is 2. The Morgan fingerprint density at radius 3 is 2.68 bits per heavy atom. The molecule has 0 saturated carbocycles. The Morgan fingerprint density at radius 2 is 2.11 bits per heavy atom. The molecule has 106 valence electrons. The Hall–Kier alpha value is -0.610. The van der Waals surface area contributed by atoms with Crippen LogP contribution in [0.25, 0.3) is 0 Å². The second-order valence-electron chi connectivity index (χ2n) is 5.03. The number of likely N-dealkylation sites (N-methyl/N-ethyl adjacent to an activating group) is 1. The number of hydrogen-bond donors (Lipinski definition) is 0. The van der Waals surface area contributed by atoms with Gasteiger partial charge in [-0.25, -0.2) is 4.39 Å². The molecule has 4 heteroatoms. The van der Waals surface area contributed by atoms with Crippen LogP contribution in [0.3, 0.4) is 0 Å². The maximum absolute atomic E-state index is 14.1. The number of halogens is 2. The molecule has 1 aromatic carbocycles. The molecule has 0 radical (unpaired) electrons. The van der Waals surface area contributed by atoms with Crippen molar-refractivity contribution < 1.29 is 4.39 Å². The summed E-state index contributed by atoms with van der Waals surface area (Å²) in [6, 6.07) is 6.11. The lowest BCUT2D eigenvalue weighted by Gasteiger charge is -2.26. The second kappa shape index (κ2) is 6.71. The van der Waals surface area contributed by atoms with Gasteiger partial charge in [0.15, 0.2) is 0 Å². The minimum Gasteiger partial charge on any atom is -0.368 e. The zero-order chi connectivity index (χ0) is 13.8. The number of anilines is 1. The molecule has 1 fully saturated rings. The minimum absolute atomic E-state index is 0.0999. The Labute approximate surface area is 123 Å². The molecule has 2 nitrogen and oxygen atoms in total. The van der Waals surface area contributed by atoms with Crippen LogP contribution in [0.15, 0.2) is 18.2 Å². The highest BCUT2D eigenvalue weighted by molar-refractivity contribution is 9.08. The van der Waals surface area contributed by atoms with Crippen molar-refractivity contribution in [2.24, 2.45) is 0 Å². The number of alkyl halides is 1. The van der Waals surface area contributed by atoms with Crippen molar-refractivity contribution in [3.8, 4) is 0 Å². The lowest BCUT2D eigenvalue weighted by Crippen LogP contribution is -2.37. The summed E-state index contributed by atoms with van der Waals surface area (Å²) in [5, 5.41) is 0.701. The Kier molecular flexibility index (Phi) is 5.22. The summed E-state index contributed by atoms with van der Waals surface area (Å²) in [6.45, 7) is 8.41. The quantitative estimate of drug-likeness (QED) is 0.761. The average molecular weight is 329 g/mol. The van der Waals surface area contributed by atoms with Crippen LogP contribution in [0.4, 0.5) is 10.1 Å². The van der Waals surface area contributed by atoms with Crippen molar-refractivity contribution in [3.05, 3.63) is 29.6 Å². The van der Waals surface area contributed by atoms with Gasteiger partial charge in [-0.15, -0.1) is 0 Å². The molecule has 0 aliphatic carbocycles. The number of hydrogen-bond acceptors (Lipinski definition) is 2. The van der Waals surface area contributed by atoms with Crippen molar-refractivity contribution in [2.45, 2.75) is 31.6 Å². The van der Waals surface area contributed by atoms with E-state index in [1.165, 1.54) is 0 Å². The summed E-state index contributed by atoms with van der Waals surface area (Å²) in [7, 11) is 0. The van der Waals surface area contributed by atoms with Gasteiger partial charge < -0.3 is 4.90 Å². The molecule has 1 aromatic rings. The monoisotopic (exact) mass is 328 g/mol. The van der Waals surface area contributed by atoms with E-state index in [2.05, 4.69) is 39.6 Å². The highest BCUT2D eigenvalue weighted by Gasteiger charge is 2.27. The topological polar surface area (TPSA) is 6.48 Å². The second-order valence-corrected chi connectivity index (χ2v) is 5.59. The lowest BCUT2D eigenvalue weighted by atomic mass is 10.2. The van der Waals surface area contributed by atoms with Crippen molar-refractivity contribution in [1.29, 1.82) is 0 Å². The summed E-state index contributed by atoms with van der Waals surface area (Å²) in [5.41, 5.74) is 1.74. The van der Waals surface area contributed by atoms with E-state index in [4.69, 9.17) is 0 Å². The van der Waals surface area contributed by atoms with Gasteiger partial charge in [-0.05, 0) is 37.2 Å². The molecule has 0 amide bonds. The van der Waals surface area contributed by atoms with E-state index in [0.717, 1.165) is 43.9 Å². The van der Waals surface area contributed by atoms with Gasteiger partial charge in [0, 0.05) is 24.5 Å². The fourth-order valence-electron chi connectivity index (χ4n) is 2.89. The highest BCUT2D eigenvalue weighted by Crippen LogP contribution is 2.26. The van der Waals surface area contributed by atoms with Gasteiger partial charge in [-0.2, -0.15) is 0 Å². The zero-order valence-electron chi connectivity index (χ0n) is 11.7.